The summed E-state index contributed by atoms with van der Waals surface area (Å²) in [5.41, 5.74) is 6.31. The van der Waals surface area contributed by atoms with Gasteiger partial charge >= 0.3 is 0 Å². The van der Waals surface area contributed by atoms with Gasteiger partial charge in [0.25, 0.3) is 10.1 Å². The average Bonchev–Trinajstić information content (AvgIpc) is 2.20. The van der Waals surface area contributed by atoms with Gasteiger partial charge in [-0.05, 0) is 23.6 Å². The van der Waals surface area contributed by atoms with Crippen molar-refractivity contribution in [2.75, 3.05) is 5.73 Å². The molecule has 0 atom stereocenters. The minimum atomic E-state index is -4.16. The maximum absolute atomic E-state index is 10.8. The van der Waals surface area contributed by atoms with Crippen LogP contribution in [0.2, 0.25) is 0 Å². The molecule has 90 valence electrons. The van der Waals surface area contributed by atoms with Crippen molar-refractivity contribution in [3.8, 4) is 5.75 Å². The molecule has 0 spiro atoms. The Balaban J connectivity index is 2.62. The van der Waals surface area contributed by atoms with Gasteiger partial charge in [0.1, 0.15) is 11.5 Å². The Morgan fingerprint density at radius 2 is 1.88 bits per heavy atom. The van der Waals surface area contributed by atoms with Gasteiger partial charge in [0.15, 0.2) is 0 Å². The molecule has 0 fully saturated rings. The molecule has 0 bridgehead atoms. The van der Waals surface area contributed by atoms with Crippen LogP contribution in [0.3, 0.4) is 0 Å². The van der Waals surface area contributed by atoms with Crippen molar-refractivity contribution >= 4 is 26.6 Å². The first kappa shape index (κ1) is 11.7. The first-order valence-corrected chi connectivity index (χ1v) is 6.43. The summed E-state index contributed by atoms with van der Waals surface area (Å²) in [7, 11) is -4.16. The number of benzene rings is 2. The molecule has 6 heteroatoms. The second-order valence-corrected chi connectivity index (χ2v) is 5.23. The highest BCUT2D eigenvalue weighted by Gasteiger charge is 2.13. The van der Waals surface area contributed by atoms with Crippen LogP contribution >= 0.6 is 0 Å². The van der Waals surface area contributed by atoms with E-state index in [1.165, 1.54) is 6.07 Å². The van der Waals surface area contributed by atoms with Crippen LogP contribution in [0.5, 0.6) is 5.75 Å². The minimum Gasteiger partial charge on any atom is -0.507 e. The highest BCUT2D eigenvalue weighted by Crippen LogP contribution is 2.30. The Morgan fingerprint density at radius 1 is 1.18 bits per heavy atom. The van der Waals surface area contributed by atoms with Gasteiger partial charge in [0.05, 0.1) is 0 Å². The third kappa shape index (κ3) is 2.48. The van der Waals surface area contributed by atoms with Crippen molar-refractivity contribution < 1.29 is 18.1 Å². The SMILES string of the molecule is Nc1ccc2c(O)c(CS(=O)(=O)O)ccc2c1. The van der Waals surface area contributed by atoms with E-state index in [4.69, 9.17) is 10.3 Å². The second-order valence-electron chi connectivity index (χ2n) is 3.78. The van der Waals surface area contributed by atoms with Crippen molar-refractivity contribution in [2.24, 2.45) is 0 Å². The Morgan fingerprint density at radius 3 is 2.53 bits per heavy atom. The zero-order valence-corrected chi connectivity index (χ0v) is 9.61. The summed E-state index contributed by atoms with van der Waals surface area (Å²) in [5, 5.41) is 11.1. The summed E-state index contributed by atoms with van der Waals surface area (Å²) in [6.07, 6.45) is 0. The Kier molecular flexibility index (Phi) is 2.68. The number of aromatic hydroxyl groups is 1. The van der Waals surface area contributed by atoms with E-state index in [0.29, 0.717) is 16.5 Å². The van der Waals surface area contributed by atoms with E-state index in [2.05, 4.69) is 0 Å². The molecule has 0 aliphatic carbocycles. The third-order valence-electron chi connectivity index (χ3n) is 2.44. The van der Waals surface area contributed by atoms with E-state index < -0.39 is 15.9 Å². The van der Waals surface area contributed by atoms with Gasteiger partial charge in [-0.2, -0.15) is 8.42 Å². The van der Waals surface area contributed by atoms with E-state index in [1.807, 2.05) is 0 Å². The molecule has 0 aromatic heterocycles. The van der Waals surface area contributed by atoms with E-state index in [9.17, 15) is 13.5 Å². The number of nitrogens with two attached hydrogens (primary N) is 1. The van der Waals surface area contributed by atoms with Crippen LogP contribution in [-0.4, -0.2) is 18.1 Å². The summed E-state index contributed by atoms with van der Waals surface area (Å²) < 4.78 is 30.3. The minimum absolute atomic E-state index is 0.153. The number of nitrogen functional groups attached to an aromatic ring is 1. The lowest BCUT2D eigenvalue weighted by molar-refractivity contribution is 0.466. The molecule has 0 radical (unpaired) electrons. The van der Waals surface area contributed by atoms with Crippen molar-refractivity contribution in [2.45, 2.75) is 5.75 Å². The van der Waals surface area contributed by atoms with Gasteiger partial charge < -0.3 is 10.8 Å². The predicted octanol–water partition coefficient (Wildman–Crippen LogP) is 1.52. The van der Waals surface area contributed by atoms with Crippen LogP contribution in [0.25, 0.3) is 10.8 Å². The summed E-state index contributed by atoms with van der Waals surface area (Å²) in [6.45, 7) is 0. The van der Waals surface area contributed by atoms with Gasteiger partial charge in [-0.15, -0.1) is 0 Å². The Bertz CT molecular complexity index is 679. The highest BCUT2D eigenvalue weighted by molar-refractivity contribution is 7.85. The number of phenolic OH excluding ortho intramolecular Hbond substituents is 1. The number of hydrogen-bond acceptors (Lipinski definition) is 4. The maximum atomic E-state index is 10.8. The molecule has 0 saturated heterocycles. The quantitative estimate of drug-likeness (QED) is 0.556. The summed E-state index contributed by atoms with van der Waals surface area (Å²) >= 11 is 0. The second kappa shape index (κ2) is 3.90. The number of hydrogen-bond donors (Lipinski definition) is 3. The number of anilines is 1. The number of phenols is 1. The molecule has 0 unspecified atom stereocenters. The fraction of sp³-hybridized carbons (Fsp3) is 0.0909. The van der Waals surface area contributed by atoms with E-state index in [-0.39, 0.29) is 11.3 Å². The van der Waals surface area contributed by atoms with Crippen LogP contribution in [0.4, 0.5) is 5.69 Å². The van der Waals surface area contributed by atoms with Crippen molar-refractivity contribution in [1.29, 1.82) is 0 Å². The molecule has 17 heavy (non-hydrogen) atoms. The molecule has 5 nitrogen and oxygen atoms in total. The molecule has 0 amide bonds. The van der Waals surface area contributed by atoms with Crippen LogP contribution in [0.15, 0.2) is 30.3 Å². The normalized spacial score (nSPS) is 11.8. The van der Waals surface area contributed by atoms with Gasteiger partial charge in [-0.3, -0.25) is 4.55 Å². The molecule has 2 aromatic rings. The highest BCUT2D eigenvalue weighted by atomic mass is 32.2. The molecule has 2 aromatic carbocycles. The lowest BCUT2D eigenvalue weighted by Gasteiger charge is -2.07. The Labute approximate surface area is 98.2 Å². The van der Waals surface area contributed by atoms with Crippen LogP contribution < -0.4 is 5.73 Å². The zero-order valence-electron chi connectivity index (χ0n) is 8.79. The topological polar surface area (TPSA) is 101 Å². The van der Waals surface area contributed by atoms with E-state index in [1.54, 1.807) is 24.3 Å². The molecule has 0 saturated carbocycles. The smallest absolute Gasteiger partial charge is 0.269 e. The molecule has 0 heterocycles. The van der Waals surface area contributed by atoms with Crippen LogP contribution in [0.1, 0.15) is 5.56 Å². The largest absolute Gasteiger partial charge is 0.507 e. The molecule has 0 aliphatic heterocycles. The maximum Gasteiger partial charge on any atom is 0.269 e. The monoisotopic (exact) mass is 253 g/mol. The predicted molar refractivity (Wildman–Crippen MR) is 65.3 cm³/mol. The van der Waals surface area contributed by atoms with Crippen molar-refractivity contribution in [3.63, 3.8) is 0 Å². The number of rotatable bonds is 2. The molecular formula is C11H11NO4S. The first-order valence-electron chi connectivity index (χ1n) is 4.82. The van der Waals surface area contributed by atoms with Crippen molar-refractivity contribution in [3.05, 3.63) is 35.9 Å². The molecule has 4 N–H and O–H groups in total. The summed E-state index contributed by atoms with van der Waals surface area (Å²) in [4.78, 5) is 0. The van der Waals surface area contributed by atoms with Gasteiger partial charge in [0, 0.05) is 16.6 Å². The molecular weight excluding hydrogens is 242 g/mol. The summed E-state index contributed by atoms with van der Waals surface area (Å²) in [5.74, 6) is -0.765. The molecule has 0 aliphatic rings. The Hall–Kier alpha value is -1.79. The summed E-state index contributed by atoms with van der Waals surface area (Å²) in [6, 6.07) is 7.98. The van der Waals surface area contributed by atoms with Gasteiger partial charge in [0.2, 0.25) is 0 Å². The fourth-order valence-electron chi connectivity index (χ4n) is 1.69. The van der Waals surface area contributed by atoms with E-state index >= 15 is 0 Å². The van der Waals surface area contributed by atoms with Crippen LogP contribution in [-0.2, 0) is 15.9 Å². The third-order valence-corrected chi connectivity index (χ3v) is 3.11. The van der Waals surface area contributed by atoms with Gasteiger partial charge in [-0.1, -0.05) is 12.1 Å². The lowest BCUT2D eigenvalue weighted by Crippen LogP contribution is -2.01. The van der Waals surface area contributed by atoms with Crippen LogP contribution in [0, 0.1) is 0 Å². The standard InChI is InChI=1S/C11H11NO4S/c12-9-3-4-10-7(5-9)1-2-8(11(10)13)6-17(14,15)16/h1-5,13H,6,12H2,(H,14,15,16). The molecule has 2 rings (SSSR count). The van der Waals surface area contributed by atoms with Crippen molar-refractivity contribution in [1.82, 2.24) is 0 Å². The zero-order chi connectivity index (χ0) is 12.6. The van der Waals surface area contributed by atoms with E-state index in [0.717, 1.165) is 0 Å². The number of fused-ring (bicyclic) bond motifs is 1. The average molecular weight is 253 g/mol. The first-order chi connectivity index (χ1) is 7.87. The van der Waals surface area contributed by atoms with Gasteiger partial charge in [-0.25, -0.2) is 0 Å². The lowest BCUT2D eigenvalue weighted by atomic mass is 10.1. The fourth-order valence-corrected chi connectivity index (χ4v) is 2.32.